The molecule has 0 saturated carbocycles. The summed E-state index contributed by atoms with van der Waals surface area (Å²) in [5.74, 6) is -0.103. The number of nitrogens with zero attached hydrogens (tertiary/aromatic N) is 4. The fourth-order valence-electron chi connectivity index (χ4n) is 3.90. The van der Waals surface area contributed by atoms with Gasteiger partial charge in [-0.3, -0.25) is 9.59 Å². The predicted octanol–water partition coefficient (Wildman–Crippen LogP) is 2.00. The molecule has 3 aromatic rings. The first kappa shape index (κ1) is 20.4. The molecular weight excluding hydrogens is 402 g/mol. The van der Waals surface area contributed by atoms with E-state index in [0.29, 0.717) is 41.8 Å². The molecular formula is C21H25N5O3S. The van der Waals surface area contributed by atoms with Gasteiger partial charge in [0, 0.05) is 50.4 Å². The Morgan fingerprint density at radius 2 is 2.17 bits per heavy atom. The van der Waals surface area contributed by atoms with Crippen LogP contribution in [0.15, 0.2) is 30.6 Å². The molecule has 1 aliphatic heterocycles. The fourth-order valence-corrected chi connectivity index (χ4v) is 4.54. The first-order valence-electron chi connectivity index (χ1n) is 9.74. The summed E-state index contributed by atoms with van der Waals surface area (Å²) in [5.41, 5.74) is 8.48. The first-order chi connectivity index (χ1) is 14.3. The quantitative estimate of drug-likeness (QED) is 0.687. The van der Waals surface area contributed by atoms with Gasteiger partial charge >= 0.3 is 0 Å². The van der Waals surface area contributed by atoms with Gasteiger partial charge < -0.3 is 24.8 Å². The summed E-state index contributed by atoms with van der Waals surface area (Å²) in [5, 5.41) is 1.40. The Balaban J connectivity index is 1.65. The number of benzene rings is 1. The second kappa shape index (κ2) is 8.08. The molecule has 2 N–H and O–H groups in total. The molecule has 1 atom stereocenters. The van der Waals surface area contributed by atoms with Crippen LogP contribution in [0, 0.1) is 0 Å². The monoisotopic (exact) mass is 427 g/mol. The Bertz CT molecular complexity index is 1100. The van der Waals surface area contributed by atoms with Crippen molar-refractivity contribution in [3.63, 3.8) is 0 Å². The zero-order chi connectivity index (χ0) is 21.4. The fraction of sp³-hybridized carbons (Fsp3) is 0.381. The van der Waals surface area contributed by atoms with Crippen LogP contribution in [0.3, 0.4) is 0 Å². The number of aryl methyl sites for hydroxylation is 1. The molecule has 1 unspecified atom stereocenters. The Morgan fingerprint density at radius 1 is 1.37 bits per heavy atom. The largest absolute Gasteiger partial charge is 0.377 e. The third-order valence-corrected chi connectivity index (χ3v) is 6.22. The molecule has 4 rings (SSSR count). The first-order valence-corrected chi connectivity index (χ1v) is 10.6. The van der Waals surface area contributed by atoms with Gasteiger partial charge in [-0.1, -0.05) is 11.3 Å². The van der Waals surface area contributed by atoms with Gasteiger partial charge in [0.25, 0.3) is 11.8 Å². The number of hydrogen-bond donors (Lipinski definition) is 1. The summed E-state index contributed by atoms with van der Waals surface area (Å²) in [6.45, 7) is 1.50. The highest BCUT2D eigenvalue weighted by Gasteiger charge is 2.30. The highest BCUT2D eigenvalue weighted by Crippen LogP contribution is 2.27. The van der Waals surface area contributed by atoms with Gasteiger partial charge in [0.2, 0.25) is 0 Å². The number of rotatable bonds is 4. The molecule has 1 aliphatic rings. The molecule has 2 aromatic heterocycles. The number of morpholine rings is 1. The molecule has 30 heavy (non-hydrogen) atoms. The zero-order valence-corrected chi connectivity index (χ0v) is 18.1. The summed E-state index contributed by atoms with van der Waals surface area (Å²) >= 11 is 1.20. The molecule has 9 heteroatoms. The number of aromatic nitrogens is 2. The van der Waals surface area contributed by atoms with Gasteiger partial charge in [-0.05, 0) is 30.2 Å². The van der Waals surface area contributed by atoms with Crippen LogP contribution < -0.4 is 5.73 Å². The summed E-state index contributed by atoms with van der Waals surface area (Å²) in [6, 6.07) is 5.65. The number of nitrogens with two attached hydrogens (primary N) is 1. The van der Waals surface area contributed by atoms with Crippen LogP contribution >= 0.6 is 11.3 Å². The van der Waals surface area contributed by atoms with Crippen molar-refractivity contribution < 1.29 is 14.3 Å². The van der Waals surface area contributed by atoms with E-state index in [1.54, 1.807) is 19.0 Å². The van der Waals surface area contributed by atoms with Gasteiger partial charge in [0.05, 0.1) is 25.5 Å². The number of amides is 2. The van der Waals surface area contributed by atoms with Gasteiger partial charge in [0.1, 0.15) is 4.88 Å². The topological polar surface area (TPSA) is 93.7 Å². The number of ether oxygens (including phenoxy) is 1. The third-order valence-electron chi connectivity index (χ3n) is 5.40. The minimum absolute atomic E-state index is 0.0349. The van der Waals surface area contributed by atoms with Crippen molar-refractivity contribution in [2.75, 3.05) is 39.6 Å². The van der Waals surface area contributed by atoms with Crippen LogP contribution in [-0.4, -0.2) is 71.1 Å². The number of carbonyl (C=O) groups excluding carboxylic acids is 2. The van der Waals surface area contributed by atoms with Gasteiger partial charge in [-0.2, -0.15) is 0 Å². The van der Waals surface area contributed by atoms with Gasteiger partial charge in [-0.25, -0.2) is 4.98 Å². The molecule has 2 amide bonds. The maximum atomic E-state index is 13.0. The smallest absolute Gasteiger partial charge is 0.266 e. The van der Waals surface area contributed by atoms with Crippen molar-refractivity contribution >= 4 is 39.2 Å². The van der Waals surface area contributed by atoms with Crippen molar-refractivity contribution in [1.82, 2.24) is 19.4 Å². The Labute approximate surface area is 178 Å². The summed E-state index contributed by atoms with van der Waals surface area (Å²) < 4.78 is 7.74. The second-order valence-corrected chi connectivity index (χ2v) is 8.75. The molecule has 0 spiro atoms. The van der Waals surface area contributed by atoms with Crippen LogP contribution in [0.4, 0.5) is 5.13 Å². The standard InChI is InChI=1S/C21H25N5O3S/c1-24(2)19(27)13-4-5-17-16(9-13)14(11-25(17)3)8-15-12-29-7-6-26(15)20(28)18-10-23-21(22)30-18/h4-5,9-11,15H,6-8,12H2,1-3H3,(H2,22,23). The highest BCUT2D eigenvalue weighted by molar-refractivity contribution is 7.17. The number of hydrogen-bond acceptors (Lipinski definition) is 6. The SMILES string of the molecule is CN(C)C(=O)c1ccc2c(c1)c(CC1COCCN1C(=O)c1cnc(N)s1)cn2C. The van der Waals surface area contributed by atoms with E-state index in [1.807, 2.05) is 34.7 Å². The normalized spacial score (nSPS) is 16.8. The molecule has 8 nitrogen and oxygen atoms in total. The average Bonchev–Trinajstić information content (AvgIpc) is 3.30. The van der Waals surface area contributed by atoms with Crippen LogP contribution in [0.2, 0.25) is 0 Å². The van der Waals surface area contributed by atoms with Gasteiger partial charge in [0.15, 0.2) is 5.13 Å². The van der Waals surface area contributed by atoms with E-state index in [9.17, 15) is 9.59 Å². The maximum absolute atomic E-state index is 13.0. The zero-order valence-electron chi connectivity index (χ0n) is 17.3. The van der Waals surface area contributed by atoms with Crippen molar-refractivity contribution in [3.8, 4) is 0 Å². The molecule has 1 aromatic carbocycles. The summed E-state index contributed by atoms with van der Waals surface area (Å²) in [6.07, 6.45) is 4.24. The van der Waals surface area contributed by atoms with Crippen LogP contribution in [0.5, 0.6) is 0 Å². The average molecular weight is 428 g/mol. The van der Waals surface area contributed by atoms with Crippen molar-refractivity contribution in [1.29, 1.82) is 0 Å². The lowest BCUT2D eigenvalue weighted by molar-refractivity contribution is -0.00131. The van der Waals surface area contributed by atoms with E-state index in [1.165, 1.54) is 17.5 Å². The molecule has 3 heterocycles. The summed E-state index contributed by atoms with van der Waals surface area (Å²) in [4.78, 5) is 33.4. The lowest BCUT2D eigenvalue weighted by atomic mass is 10.0. The predicted molar refractivity (Wildman–Crippen MR) is 117 cm³/mol. The molecule has 1 saturated heterocycles. The molecule has 0 bridgehead atoms. The number of thiazole rings is 1. The Hall–Kier alpha value is -2.91. The lowest BCUT2D eigenvalue weighted by Crippen LogP contribution is -2.49. The highest BCUT2D eigenvalue weighted by atomic mass is 32.1. The third kappa shape index (κ3) is 3.78. The van der Waals surface area contributed by atoms with Gasteiger partial charge in [-0.15, -0.1) is 0 Å². The van der Waals surface area contributed by atoms with E-state index in [2.05, 4.69) is 11.2 Å². The van der Waals surface area contributed by atoms with E-state index in [0.717, 1.165) is 16.5 Å². The Morgan fingerprint density at radius 3 is 2.87 bits per heavy atom. The maximum Gasteiger partial charge on any atom is 0.266 e. The van der Waals surface area contributed by atoms with Crippen LogP contribution in [0.25, 0.3) is 10.9 Å². The Kier molecular flexibility index (Phi) is 5.48. The minimum Gasteiger partial charge on any atom is -0.377 e. The molecule has 0 aliphatic carbocycles. The minimum atomic E-state index is -0.103. The second-order valence-electron chi connectivity index (χ2n) is 7.69. The van der Waals surface area contributed by atoms with E-state index < -0.39 is 0 Å². The van der Waals surface area contributed by atoms with E-state index in [4.69, 9.17) is 10.5 Å². The number of carbonyl (C=O) groups is 2. The van der Waals surface area contributed by atoms with Crippen molar-refractivity contribution in [2.24, 2.45) is 7.05 Å². The van der Waals surface area contributed by atoms with Crippen LogP contribution in [-0.2, 0) is 18.2 Å². The number of nitrogen functional groups attached to an aromatic ring is 1. The molecule has 0 radical (unpaired) electrons. The van der Waals surface area contributed by atoms with Crippen molar-refractivity contribution in [3.05, 3.63) is 46.6 Å². The lowest BCUT2D eigenvalue weighted by Gasteiger charge is -2.35. The number of fused-ring (bicyclic) bond motifs is 1. The van der Waals surface area contributed by atoms with Crippen LogP contribution in [0.1, 0.15) is 25.6 Å². The molecule has 158 valence electrons. The van der Waals surface area contributed by atoms with Crippen molar-refractivity contribution in [2.45, 2.75) is 12.5 Å². The molecule has 1 fully saturated rings. The summed E-state index contributed by atoms with van der Waals surface area (Å²) in [7, 11) is 5.47. The van der Waals surface area contributed by atoms with E-state index >= 15 is 0 Å². The number of anilines is 1. The van der Waals surface area contributed by atoms with E-state index in [-0.39, 0.29) is 17.9 Å².